The van der Waals surface area contributed by atoms with Crippen LogP contribution >= 0.6 is 7.14 Å². The van der Waals surface area contributed by atoms with Gasteiger partial charge in [0.15, 0.2) is 0 Å². The first-order valence-corrected chi connectivity index (χ1v) is 7.85. The molecule has 0 saturated heterocycles. The van der Waals surface area contributed by atoms with Crippen LogP contribution in [0.15, 0.2) is 18.2 Å². The number of hydrogen-bond donors (Lipinski definition) is 0. The molecule has 0 atom stereocenters. The lowest BCUT2D eigenvalue weighted by atomic mass is 9.92. The highest BCUT2D eigenvalue weighted by atomic mass is 31.2. The van der Waals surface area contributed by atoms with E-state index in [4.69, 9.17) is 0 Å². The van der Waals surface area contributed by atoms with Gasteiger partial charge in [0, 0.05) is 5.30 Å². The van der Waals surface area contributed by atoms with Crippen LogP contribution in [0.4, 0.5) is 0 Å². The Morgan fingerprint density at radius 1 is 1.07 bits per heavy atom. The van der Waals surface area contributed by atoms with E-state index in [2.05, 4.69) is 12.1 Å². The average molecular weight is 208 g/mol. The third-order valence-corrected chi connectivity index (χ3v) is 4.48. The monoisotopic (exact) mass is 208 g/mol. The largest absolute Gasteiger partial charge is 0.319 e. The highest BCUT2D eigenvalue weighted by Crippen LogP contribution is 2.35. The van der Waals surface area contributed by atoms with E-state index in [0.717, 1.165) is 5.30 Å². The van der Waals surface area contributed by atoms with Gasteiger partial charge in [-0.25, -0.2) is 0 Å². The van der Waals surface area contributed by atoms with E-state index >= 15 is 0 Å². The molecule has 1 aromatic rings. The van der Waals surface area contributed by atoms with Gasteiger partial charge in [-0.3, -0.25) is 0 Å². The van der Waals surface area contributed by atoms with Gasteiger partial charge in [-0.05, 0) is 56.2 Å². The zero-order valence-electron chi connectivity index (χ0n) is 8.92. The Balaban J connectivity index is 2.44. The second kappa shape index (κ2) is 3.55. The van der Waals surface area contributed by atoms with Crippen molar-refractivity contribution in [3.63, 3.8) is 0 Å². The first kappa shape index (κ1) is 9.98. The van der Waals surface area contributed by atoms with Crippen LogP contribution in [0.5, 0.6) is 0 Å². The zero-order chi connectivity index (χ0) is 10.2. The quantitative estimate of drug-likeness (QED) is 0.648. The Labute approximate surface area is 85.9 Å². The molecule has 1 aromatic carbocycles. The van der Waals surface area contributed by atoms with Crippen molar-refractivity contribution in [1.29, 1.82) is 0 Å². The molecule has 0 aromatic heterocycles. The van der Waals surface area contributed by atoms with Crippen LogP contribution in [0.3, 0.4) is 0 Å². The Kier molecular flexibility index (Phi) is 2.53. The predicted molar refractivity (Wildman–Crippen MR) is 62.2 cm³/mol. The molecular formula is C12H17OP. The van der Waals surface area contributed by atoms with Gasteiger partial charge in [0.2, 0.25) is 0 Å². The molecule has 1 aliphatic carbocycles. The van der Waals surface area contributed by atoms with Gasteiger partial charge >= 0.3 is 0 Å². The van der Waals surface area contributed by atoms with Crippen molar-refractivity contribution in [3.8, 4) is 0 Å². The lowest BCUT2D eigenvalue weighted by Gasteiger charge is -2.17. The lowest BCUT2D eigenvalue weighted by Crippen LogP contribution is -2.09. The number of fused-ring (bicyclic) bond motifs is 1. The van der Waals surface area contributed by atoms with Gasteiger partial charge in [0.1, 0.15) is 7.14 Å². The second-order valence-corrected chi connectivity index (χ2v) is 7.73. The molecule has 0 fully saturated rings. The summed E-state index contributed by atoms with van der Waals surface area (Å²) in [6.07, 6.45) is 4.97. The van der Waals surface area contributed by atoms with Crippen LogP contribution in [-0.4, -0.2) is 13.3 Å². The summed E-state index contributed by atoms with van der Waals surface area (Å²) in [5.41, 5.74) is 2.89. The Bertz CT molecular complexity index is 389. The summed E-state index contributed by atoms with van der Waals surface area (Å²) < 4.78 is 11.9. The van der Waals surface area contributed by atoms with Crippen molar-refractivity contribution in [2.24, 2.45) is 0 Å². The molecule has 0 spiro atoms. The van der Waals surface area contributed by atoms with Gasteiger partial charge in [0.05, 0.1) is 0 Å². The summed E-state index contributed by atoms with van der Waals surface area (Å²) in [6.45, 7) is 3.69. The standard InChI is InChI=1S/C12H17OP/c1-14(2,13)12-8-7-10-5-3-4-6-11(10)9-12/h7-9H,3-6H2,1-2H3. The highest BCUT2D eigenvalue weighted by Gasteiger charge is 2.15. The molecule has 14 heavy (non-hydrogen) atoms. The van der Waals surface area contributed by atoms with Gasteiger partial charge in [-0.2, -0.15) is 0 Å². The van der Waals surface area contributed by atoms with Crippen molar-refractivity contribution < 1.29 is 4.57 Å². The van der Waals surface area contributed by atoms with Gasteiger partial charge < -0.3 is 4.57 Å². The third kappa shape index (κ3) is 1.93. The minimum Gasteiger partial charge on any atom is -0.319 e. The van der Waals surface area contributed by atoms with Crippen molar-refractivity contribution >= 4 is 12.4 Å². The molecule has 0 aliphatic heterocycles. The fraction of sp³-hybridized carbons (Fsp3) is 0.500. The maximum Gasteiger partial charge on any atom is 0.109 e. The minimum atomic E-state index is -2.06. The first-order chi connectivity index (χ1) is 6.57. The molecule has 1 aliphatic rings. The predicted octanol–water partition coefficient (Wildman–Crippen LogP) is 2.81. The molecule has 0 heterocycles. The van der Waals surface area contributed by atoms with Crippen molar-refractivity contribution in [1.82, 2.24) is 0 Å². The summed E-state index contributed by atoms with van der Waals surface area (Å²) in [7, 11) is -2.06. The fourth-order valence-corrected chi connectivity index (χ4v) is 2.96. The van der Waals surface area contributed by atoms with E-state index in [1.165, 1.54) is 36.8 Å². The first-order valence-electron chi connectivity index (χ1n) is 5.25. The van der Waals surface area contributed by atoms with Crippen LogP contribution in [-0.2, 0) is 17.4 Å². The Morgan fingerprint density at radius 2 is 1.71 bits per heavy atom. The van der Waals surface area contributed by atoms with E-state index in [1.54, 1.807) is 0 Å². The molecule has 0 unspecified atom stereocenters. The van der Waals surface area contributed by atoms with Crippen molar-refractivity contribution in [3.05, 3.63) is 29.3 Å². The summed E-state index contributed by atoms with van der Waals surface area (Å²) in [5.74, 6) is 0. The SMILES string of the molecule is CP(C)(=O)c1ccc2c(c1)CCCC2. The zero-order valence-corrected chi connectivity index (χ0v) is 9.81. The van der Waals surface area contributed by atoms with Crippen LogP contribution in [0, 0.1) is 0 Å². The van der Waals surface area contributed by atoms with Crippen molar-refractivity contribution in [2.75, 3.05) is 13.3 Å². The minimum absolute atomic E-state index is 1.04. The molecule has 2 heteroatoms. The Hall–Kier alpha value is -0.550. The van der Waals surface area contributed by atoms with E-state index in [9.17, 15) is 4.57 Å². The van der Waals surface area contributed by atoms with E-state index < -0.39 is 7.14 Å². The molecule has 0 saturated carbocycles. The molecule has 0 radical (unpaired) electrons. The molecule has 2 rings (SSSR count). The maximum atomic E-state index is 11.9. The normalized spacial score (nSPS) is 16.4. The molecule has 1 nitrogen and oxygen atoms in total. The average Bonchev–Trinajstić information content (AvgIpc) is 2.16. The number of rotatable bonds is 1. The van der Waals surface area contributed by atoms with E-state index in [-0.39, 0.29) is 0 Å². The topological polar surface area (TPSA) is 17.1 Å². The van der Waals surface area contributed by atoms with Crippen LogP contribution < -0.4 is 5.30 Å². The Morgan fingerprint density at radius 3 is 2.36 bits per heavy atom. The summed E-state index contributed by atoms with van der Waals surface area (Å²) >= 11 is 0. The molecular weight excluding hydrogens is 191 g/mol. The lowest BCUT2D eigenvalue weighted by molar-refractivity contribution is 0.588. The molecule has 0 amide bonds. The van der Waals surface area contributed by atoms with Crippen LogP contribution in [0.1, 0.15) is 24.0 Å². The van der Waals surface area contributed by atoms with Crippen LogP contribution in [0.25, 0.3) is 0 Å². The van der Waals surface area contributed by atoms with Crippen LogP contribution in [0.2, 0.25) is 0 Å². The summed E-state index contributed by atoms with van der Waals surface area (Å²) in [6, 6.07) is 6.38. The summed E-state index contributed by atoms with van der Waals surface area (Å²) in [4.78, 5) is 0. The fourth-order valence-electron chi connectivity index (χ4n) is 2.05. The van der Waals surface area contributed by atoms with Gasteiger partial charge in [-0.15, -0.1) is 0 Å². The third-order valence-electron chi connectivity index (χ3n) is 2.95. The highest BCUT2D eigenvalue weighted by molar-refractivity contribution is 7.70. The van der Waals surface area contributed by atoms with E-state index in [1.807, 2.05) is 19.4 Å². The molecule has 76 valence electrons. The van der Waals surface area contributed by atoms with Gasteiger partial charge in [-0.1, -0.05) is 12.1 Å². The van der Waals surface area contributed by atoms with Crippen molar-refractivity contribution in [2.45, 2.75) is 25.7 Å². The number of benzene rings is 1. The molecule has 0 bridgehead atoms. The molecule has 0 N–H and O–H groups in total. The van der Waals surface area contributed by atoms with Gasteiger partial charge in [0.25, 0.3) is 0 Å². The maximum absolute atomic E-state index is 11.9. The smallest absolute Gasteiger partial charge is 0.109 e. The number of aryl methyl sites for hydroxylation is 2. The van der Waals surface area contributed by atoms with E-state index in [0.29, 0.717) is 0 Å². The second-order valence-electron chi connectivity index (χ2n) is 4.51. The summed E-state index contributed by atoms with van der Waals surface area (Å²) in [5, 5.41) is 1.04. The number of hydrogen-bond acceptors (Lipinski definition) is 1.